The van der Waals surface area contributed by atoms with Crippen LogP contribution in [0.4, 0.5) is 4.39 Å². The number of carboxylic acids is 1. The van der Waals surface area contributed by atoms with Gasteiger partial charge in [-0.25, -0.2) is 9.18 Å². The van der Waals surface area contributed by atoms with Gasteiger partial charge in [0, 0.05) is 18.5 Å². The molecule has 2 rings (SSSR count). The van der Waals surface area contributed by atoms with Crippen molar-refractivity contribution >= 4 is 12.0 Å². The quantitative estimate of drug-likeness (QED) is 0.843. The van der Waals surface area contributed by atoms with Gasteiger partial charge in [-0.3, -0.25) is 4.98 Å². The normalized spacial score (nSPS) is 10.7. The molecule has 0 saturated heterocycles. The summed E-state index contributed by atoms with van der Waals surface area (Å²) in [5.74, 6) is -1.47. The molecule has 0 saturated carbocycles. The molecule has 0 aliphatic carbocycles. The molecule has 1 N–H and O–H groups in total. The molecule has 0 aliphatic rings. The van der Waals surface area contributed by atoms with E-state index in [2.05, 4.69) is 4.98 Å². The lowest BCUT2D eigenvalue weighted by Gasteiger charge is -2.06. The maximum Gasteiger partial charge on any atom is 0.328 e. The number of benzene rings is 1. The minimum atomic E-state index is -1.07. The van der Waals surface area contributed by atoms with Gasteiger partial charge in [-0.2, -0.15) is 0 Å². The third-order valence-corrected chi connectivity index (χ3v) is 2.41. The van der Waals surface area contributed by atoms with Crippen LogP contribution in [0.5, 0.6) is 0 Å². The van der Waals surface area contributed by atoms with Gasteiger partial charge in [-0.05, 0) is 47.0 Å². The Kier molecular flexibility index (Phi) is 3.48. The molecule has 3 nitrogen and oxygen atoms in total. The molecule has 1 heterocycles. The molecular formula is C14H10FNO2. The van der Waals surface area contributed by atoms with Gasteiger partial charge in [-0.15, -0.1) is 0 Å². The highest BCUT2D eigenvalue weighted by Crippen LogP contribution is 2.25. The van der Waals surface area contributed by atoms with E-state index in [1.54, 1.807) is 30.6 Å². The van der Waals surface area contributed by atoms with Gasteiger partial charge in [0.25, 0.3) is 0 Å². The van der Waals surface area contributed by atoms with Crippen molar-refractivity contribution < 1.29 is 14.3 Å². The summed E-state index contributed by atoms with van der Waals surface area (Å²) in [5, 5.41) is 8.62. The Morgan fingerprint density at radius 2 is 1.94 bits per heavy atom. The Balaban J connectivity index is 2.50. The lowest BCUT2D eigenvalue weighted by atomic mass is 10.00. The first-order chi connectivity index (χ1) is 8.66. The largest absolute Gasteiger partial charge is 0.478 e. The summed E-state index contributed by atoms with van der Waals surface area (Å²) < 4.78 is 13.2. The Hall–Kier alpha value is -2.49. The Morgan fingerprint density at radius 1 is 1.22 bits per heavy atom. The van der Waals surface area contributed by atoms with Crippen molar-refractivity contribution in [2.75, 3.05) is 0 Å². The predicted octanol–water partition coefficient (Wildman–Crippen LogP) is 2.99. The van der Waals surface area contributed by atoms with Gasteiger partial charge in [-0.1, -0.05) is 6.07 Å². The van der Waals surface area contributed by atoms with Crippen LogP contribution in [-0.4, -0.2) is 16.1 Å². The fourth-order valence-electron chi connectivity index (χ4n) is 1.63. The number of nitrogens with zero attached hydrogens (tertiary/aromatic N) is 1. The van der Waals surface area contributed by atoms with E-state index in [4.69, 9.17) is 5.11 Å². The number of halogens is 1. The molecule has 0 aliphatic heterocycles. The fraction of sp³-hybridized carbons (Fsp3) is 0. The van der Waals surface area contributed by atoms with Crippen LogP contribution in [-0.2, 0) is 4.79 Å². The molecule has 1 aromatic heterocycles. The third-order valence-electron chi connectivity index (χ3n) is 2.41. The zero-order valence-corrected chi connectivity index (χ0v) is 9.38. The monoisotopic (exact) mass is 243 g/mol. The third kappa shape index (κ3) is 2.79. The van der Waals surface area contributed by atoms with E-state index < -0.39 is 11.8 Å². The Morgan fingerprint density at radius 3 is 2.61 bits per heavy atom. The Labute approximate surface area is 103 Å². The summed E-state index contributed by atoms with van der Waals surface area (Å²) in [7, 11) is 0. The summed E-state index contributed by atoms with van der Waals surface area (Å²) in [5.41, 5.74) is 2.13. The molecule has 1 aromatic carbocycles. The summed E-state index contributed by atoms with van der Waals surface area (Å²) in [4.78, 5) is 14.4. The second-order valence-corrected chi connectivity index (χ2v) is 3.64. The summed E-state index contributed by atoms with van der Waals surface area (Å²) in [6.45, 7) is 0. The average Bonchev–Trinajstić information content (AvgIpc) is 2.37. The summed E-state index contributed by atoms with van der Waals surface area (Å²) >= 11 is 0. The van der Waals surface area contributed by atoms with Crippen molar-refractivity contribution in [3.63, 3.8) is 0 Å². The van der Waals surface area contributed by atoms with Crippen LogP contribution in [0, 0.1) is 5.82 Å². The van der Waals surface area contributed by atoms with E-state index in [1.807, 2.05) is 0 Å². The molecule has 18 heavy (non-hydrogen) atoms. The van der Waals surface area contributed by atoms with E-state index >= 15 is 0 Å². The molecule has 0 radical (unpaired) electrons. The maximum atomic E-state index is 13.2. The highest BCUT2D eigenvalue weighted by atomic mass is 19.1. The van der Waals surface area contributed by atoms with E-state index in [1.165, 1.54) is 18.2 Å². The van der Waals surface area contributed by atoms with Crippen LogP contribution in [0.2, 0.25) is 0 Å². The molecule has 0 bridgehead atoms. The predicted molar refractivity (Wildman–Crippen MR) is 66.3 cm³/mol. The highest BCUT2D eigenvalue weighted by Gasteiger charge is 2.04. The second kappa shape index (κ2) is 5.23. The number of hydrogen-bond acceptors (Lipinski definition) is 2. The van der Waals surface area contributed by atoms with Gasteiger partial charge >= 0.3 is 5.97 Å². The van der Waals surface area contributed by atoms with Gasteiger partial charge in [0.1, 0.15) is 5.82 Å². The number of rotatable bonds is 3. The van der Waals surface area contributed by atoms with Gasteiger partial charge < -0.3 is 5.11 Å². The van der Waals surface area contributed by atoms with E-state index in [-0.39, 0.29) is 0 Å². The van der Waals surface area contributed by atoms with Crippen molar-refractivity contribution in [1.82, 2.24) is 4.98 Å². The standard InChI is InChI=1S/C14H10FNO2/c15-12-2-3-13(10-5-7-16-8-6-10)11(9-12)1-4-14(17)18/h1-9H,(H,17,18). The lowest BCUT2D eigenvalue weighted by molar-refractivity contribution is -0.131. The topological polar surface area (TPSA) is 50.2 Å². The molecule has 2 aromatic rings. The van der Waals surface area contributed by atoms with Gasteiger partial charge in [0.15, 0.2) is 0 Å². The highest BCUT2D eigenvalue weighted by molar-refractivity contribution is 5.87. The van der Waals surface area contributed by atoms with Gasteiger partial charge in [0.2, 0.25) is 0 Å². The maximum absolute atomic E-state index is 13.2. The summed E-state index contributed by atoms with van der Waals surface area (Å²) in [6, 6.07) is 7.83. The number of pyridine rings is 1. The van der Waals surface area contributed by atoms with Crippen LogP contribution < -0.4 is 0 Å². The molecule has 0 amide bonds. The molecule has 0 fully saturated rings. The van der Waals surface area contributed by atoms with Crippen molar-refractivity contribution in [2.24, 2.45) is 0 Å². The van der Waals surface area contributed by atoms with E-state index in [9.17, 15) is 9.18 Å². The average molecular weight is 243 g/mol. The van der Waals surface area contributed by atoms with Crippen LogP contribution >= 0.6 is 0 Å². The van der Waals surface area contributed by atoms with Crippen molar-refractivity contribution in [3.05, 3.63) is 60.2 Å². The van der Waals surface area contributed by atoms with E-state index in [0.717, 1.165) is 17.2 Å². The minimum absolute atomic E-state index is 0.405. The number of carbonyl (C=O) groups is 1. The first-order valence-electron chi connectivity index (χ1n) is 5.28. The molecular weight excluding hydrogens is 233 g/mol. The van der Waals surface area contributed by atoms with Gasteiger partial charge in [0.05, 0.1) is 0 Å². The van der Waals surface area contributed by atoms with Crippen molar-refractivity contribution in [1.29, 1.82) is 0 Å². The zero-order chi connectivity index (χ0) is 13.0. The second-order valence-electron chi connectivity index (χ2n) is 3.64. The SMILES string of the molecule is O=C(O)C=Cc1cc(F)ccc1-c1ccncc1. The van der Waals surface area contributed by atoms with Crippen LogP contribution in [0.25, 0.3) is 17.2 Å². The molecule has 90 valence electrons. The molecule has 0 unspecified atom stereocenters. The molecule has 0 spiro atoms. The minimum Gasteiger partial charge on any atom is -0.478 e. The smallest absolute Gasteiger partial charge is 0.328 e. The lowest BCUT2D eigenvalue weighted by Crippen LogP contribution is -1.89. The number of hydrogen-bond donors (Lipinski definition) is 1. The Bertz CT molecular complexity index is 594. The first-order valence-corrected chi connectivity index (χ1v) is 5.28. The van der Waals surface area contributed by atoms with Crippen molar-refractivity contribution in [2.45, 2.75) is 0 Å². The fourth-order valence-corrected chi connectivity index (χ4v) is 1.63. The van der Waals surface area contributed by atoms with E-state index in [0.29, 0.717) is 5.56 Å². The summed E-state index contributed by atoms with van der Waals surface area (Å²) in [6.07, 6.45) is 5.62. The number of aromatic nitrogens is 1. The molecule has 0 atom stereocenters. The van der Waals surface area contributed by atoms with Crippen molar-refractivity contribution in [3.8, 4) is 11.1 Å². The number of carboxylic acid groups (broad SMARTS) is 1. The number of aliphatic carboxylic acids is 1. The zero-order valence-electron chi connectivity index (χ0n) is 9.38. The first kappa shape index (κ1) is 12.0. The van der Waals surface area contributed by atoms with Crippen LogP contribution in [0.15, 0.2) is 48.8 Å². The molecule has 4 heteroatoms. The van der Waals surface area contributed by atoms with Crippen LogP contribution in [0.1, 0.15) is 5.56 Å². The van der Waals surface area contributed by atoms with Crippen LogP contribution in [0.3, 0.4) is 0 Å².